The lowest BCUT2D eigenvalue weighted by Crippen LogP contribution is -2.42. The molecule has 0 saturated carbocycles. The van der Waals surface area contributed by atoms with Crippen molar-refractivity contribution in [2.45, 2.75) is 31.4 Å². The molecular formula is C23H25N3O2. The number of likely N-dealkylation sites (tertiary alicyclic amines) is 2. The Morgan fingerprint density at radius 1 is 1.04 bits per heavy atom. The van der Waals surface area contributed by atoms with Gasteiger partial charge in [-0.25, -0.2) is 0 Å². The van der Waals surface area contributed by atoms with Crippen LogP contribution in [-0.2, 0) is 4.79 Å². The Labute approximate surface area is 166 Å². The van der Waals surface area contributed by atoms with E-state index in [4.69, 9.17) is 10.00 Å². The molecule has 0 N–H and O–H groups in total. The molecule has 28 heavy (non-hydrogen) atoms. The zero-order valence-corrected chi connectivity index (χ0v) is 16.0. The second kappa shape index (κ2) is 8.45. The minimum Gasteiger partial charge on any atom is -0.489 e. The maximum atomic E-state index is 12.5. The van der Waals surface area contributed by atoms with Crippen LogP contribution in [0.4, 0.5) is 0 Å². The van der Waals surface area contributed by atoms with E-state index in [1.54, 1.807) is 4.90 Å². The van der Waals surface area contributed by atoms with Gasteiger partial charge in [-0.15, -0.1) is 0 Å². The van der Waals surface area contributed by atoms with Gasteiger partial charge in [-0.05, 0) is 42.5 Å². The third-order valence-electron chi connectivity index (χ3n) is 5.57. The summed E-state index contributed by atoms with van der Waals surface area (Å²) in [6, 6.07) is 20.5. The number of hydrogen-bond acceptors (Lipinski definition) is 4. The van der Waals surface area contributed by atoms with E-state index in [-0.39, 0.29) is 18.1 Å². The molecule has 0 bridgehead atoms. The highest BCUT2D eigenvalue weighted by atomic mass is 16.5. The van der Waals surface area contributed by atoms with Crippen LogP contribution in [-0.4, -0.2) is 54.0 Å². The summed E-state index contributed by atoms with van der Waals surface area (Å²) in [5.41, 5.74) is 2.36. The zero-order valence-electron chi connectivity index (χ0n) is 16.0. The van der Waals surface area contributed by atoms with E-state index in [0.717, 1.165) is 38.1 Å². The second-order valence-electron chi connectivity index (χ2n) is 7.53. The maximum absolute atomic E-state index is 12.5. The van der Waals surface area contributed by atoms with Crippen molar-refractivity contribution >= 4 is 5.91 Å². The molecule has 2 saturated heterocycles. The van der Waals surface area contributed by atoms with Crippen molar-refractivity contribution in [1.82, 2.24) is 9.80 Å². The molecule has 2 aliphatic heterocycles. The molecule has 5 nitrogen and oxygen atoms in total. The molecular weight excluding hydrogens is 350 g/mol. The number of nitriles is 1. The lowest BCUT2D eigenvalue weighted by molar-refractivity contribution is -0.132. The van der Waals surface area contributed by atoms with Crippen molar-refractivity contribution < 1.29 is 9.53 Å². The molecule has 4 rings (SSSR count). The average Bonchev–Trinajstić information content (AvgIpc) is 3.38. The van der Waals surface area contributed by atoms with Gasteiger partial charge in [0.1, 0.15) is 17.9 Å². The van der Waals surface area contributed by atoms with Crippen LogP contribution in [0.5, 0.6) is 5.75 Å². The number of carbonyl (C=O) groups excluding carboxylic acids is 1. The van der Waals surface area contributed by atoms with Crippen LogP contribution in [0.3, 0.4) is 0 Å². The first-order valence-corrected chi connectivity index (χ1v) is 9.96. The zero-order chi connectivity index (χ0) is 19.3. The number of benzene rings is 2. The molecule has 2 aromatic rings. The van der Waals surface area contributed by atoms with Gasteiger partial charge in [-0.2, -0.15) is 5.26 Å². The largest absolute Gasteiger partial charge is 0.489 e. The van der Waals surface area contributed by atoms with Gasteiger partial charge in [0.05, 0.1) is 12.6 Å². The minimum absolute atomic E-state index is 0.0666. The number of rotatable bonds is 5. The fourth-order valence-electron chi connectivity index (χ4n) is 4.07. The van der Waals surface area contributed by atoms with Crippen LogP contribution in [0.15, 0.2) is 54.6 Å². The van der Waals surface area contributed by atoms with Crippen molar-refractivity contribution in [3.05, 3.63) is 54.6 Å². The minimum atomic E-state index is -0.245. The van der Waals surface area contributed by atoms with Crippen LogP contribution in [0, 0.1) is 11.3 Å². The third kappa shape index (κ3) is 4.18. The van der Waals surface area contributed by atoms with Gasteiger partial charge >= 0.3 is 0 Å². The van der Waals surface area contributed by atoms with Gasteiger partial charge in [0.15, 0.2) is 0 Å². The first-order chi connectivity index (χ1) is 13.7. The predicted molar refractivity (Wildman–Crippen MR) is 108 cm³/mol. The lowest BCUT2D eigenvalue weighted by Gasteiger charge is -2.23. The molecule has 2 fully saturated rings. The standard InChI is InChI=1S/C23H25N3O2/c24-15-20-7-4-13-26(20)23(27)17-25-14-12-22(16-25)28-21-10-8-19(9-11-21)18-5-2-1-3-6-18/h1-3,5-6,8-11,20,22H,4,7,12-14,16-17H2/t20-,22-/m0/s1. The molecule has 1 amide bonds. The molecule has 2 aliphatic rings. The number of ether oxygens (including phenoxy) is 1. The van der Waals surface area contributed by atoms with Gasteiger partial charge in [0, 0.05) is 19.6 Å². The lowest BCUT2D eigenvalue weighted by atomic mass is 10.1. The molecule has 0 spiro atoms. The summed E-state index contributed by atoms with van der Waals surface area (Å²) in [5, 5.41) is 9.17. The van der Waals surface area contributed by atoms with E-state index in [2.05, 4.69) is 35.2 Å². The molecule has 0 radical (unpaired) electrons. The van der Waals surface area contributed by atoms with E-state index in [1.165, 1.54) is 11.1 Å². The van der Waals surface area contributed by atoms with Crippen LogP contribution in [0.2, 0.25) is 0 Å². The summed E-state index contributed by atoms with van der Waals surface area (Å²) in [5.74, 6) is 0.929. The molecule has 2 heterocycles. The summed E-state index contributed by atoms with van der Waals surface area (Å²) in [6.07, 6.45) is 2.73. The molecule has 2 atom stereocenters. The van der Waals surface area contributed by atoms with Gasteiger partial charge in [-0.3, -0.25) is 9.69 Å². The molecule has 5 heteroatoms. The van der Waals surface area contributed by atoms with Crippen molar-refractivity contribution in [2.75, 3.05) is 26.2 Å². The quantitative estimate of drug-likeness (QED) is 0.804. The van der Waals surface area contributed by atoms with Crippen molar-refractivity contribution in [2.24, 2.45) is 0 Å². The summed E-state index contributed by atoms with van der Waals surface area (Å²) >= 11 is 0. The Hall–Kier alpha value is -2.84. The Bertz CT molecular complexity index is 844. The summed E-state index contributed by atoms with van der Waals surface area (Å²) < 4.78 is 6.13. The number of carbonyl (C=O) groups is 1. The smallest absolute Gasteiger partial charge is 0.237 e. The van der Waals surface area contributed by atoms with Crippen molar-refractivity contribution in [1.29, 1.82) is 5.26 Å². The Kier molecular flexibility index (Phi) is 5.59. The first-order valence-electron chi connectivity index (χ1n) is 9.96. The highest BCUT2D eigenvalue weighted by Gasteiger charge is 2.32. The van der Waals surface area contributed by atoms with Gasteiger partial charge < -0.3 is 9.64 Å². The van der Waals surface area contributed by atoms with Crippen LogP contribution >= 0.6 is 0 Å². The van der Waals surface area contributed by atoms with Crippen LogP contribution in [0.25, 0.3) is 11.1 Å². The monoisotopic (exact) mass is 375 g/mol. The number of amides is 1. The topological polar surface area (TPSA) is 56.6 Å². The number of nitrogens with zero attached hydrogens (tertiary/aromatic N) is 3. The second-order valence-corrected chi connectivity index (χ2v) is 7.53. The SMILES string of the molecule is N#C[C@@H]1CCCN1C(=O)CN1CC[C@H](Oc2ccc(-c3ccccc3)cc2)C1. The average molecular weight is 375 g/mol. The van der Waals surface area contributed by atoms with Gasteiger partial charge in [0.25, 0.3) is 0 Å². The van der Waals surface area contributed by atoms with E-state index in [0.29, 0.717) is 13.1 Å². The summed E-state index contributed by atoms with van der Waals surface area (Å²) in [7, 11) is 0. The Morgan fingerprint density at radius 2 is 1.79 bits per heavy atom. The molecule has 144 valence electrons. The van der Waals surface area contributed by atoms with Crippen LogP contribution in [0.1, 0.15) is 19.3 Å². The predicted octanol–water partition coefficient (Wildman–Crippen LogP) is 3.32. The highest BCUT2D eigenvalue weighted by molar-refractivity contribution is 5.79. The summed E-state index contributed by atoms with van der Waals surface area (Å²) in [6.45, 7) is 2.68. The molecule has 0 aromatic heterocycles. The van der Waals surface area contributed by atoms with Gasteiger partial charge in [0.2, 0.25) is 5.91 Å². The first kappa shape index (κ1) is 18.5. The van der Waals surface area contributed by atoms with E-state index >= 15 is 0 Å². The molecule has 0 unspecified atom stereocenters. The van der Waals surface area contributed by atoms with E-state index in [9.17, 15) is 4.79 Å². The third-order valence-corrected chi connectivity index (χ3v) is 5.57. The van der Waals surface area contributed by atoms with Crippen LogP contribution < -0.4 is 4.74 Å². The Morgan fingerprint density at radius 3 is 2.54 bits per heavy atom. The molecule has 2 aromatic carbocycles. The summed E-state index contributed by atoms with van der Waals surface area (Å²) in [4.78, 5) is 16.4. The fraction of sp³-hybridized carbons (Fsp3) is 0.391. The molecule has 0 aliphatic carbocycles. The van der Waals surface area contributed by atoms with Gasteiger partial charge in [-0.1, -0.05) is 42.5 Å². The normalized spacial score (nSPS) is 22.2. The van der Waals surface area contributed by atoms with E-state index < -0.39 is 0 Å². The van der Waals surface area contributed by atoms with Crippen molar-refractivity contribution in [3.8, 4) is 22.9 Å². The fourth-order valence-corrected chi connectivity index (χ4v) is 4.07. The maximum Gasteiger partial charge on any atom is 0.237 e. The Balaban J connectivity index is 1.29. The highest BCUT2D eigenvalue weighted by Crippen LogP contribution is 2.24. The van der Waals surface area contributed by atoms with Crippen molar-refractivity contribution in [3.63, 3.8) is 0 Å². The van der Waals surface area contributed by atoms with E-state index in [1.807, 2.05) is 30.3 Å². The number of hydrogen-bond donors (Lipinski definition) is 0.